The maximum Gasteiger partial charge on any atom is 0.416 e. The van der Waals surface area contributed by atoms with Crippen molar-refractivity contribution in [1.82, 2.24) is 29.9 Å². The smallest absolute Gasteiger partial charge is 0.242 e. The number of aryl methyl sites for hydroxylation is 1. The highest BCUT2D eigenvalue weighted by atomic mass is 19.4. The van der Waals surface area contributed by atoms with Crippen molar-refractivity contribution in [3.8, 4) is 0 Å². The molecule has 3 heterocycles. The summed E-state index contributed by atoms with van der Waals surface area (Å²) in [6, 6.07) is 1.84. The predicted molar refractivity (Wildman–Crippen MR) is 92.8 cm³/mol. The number of nitrogens with zero attached hydrogens (tertiary/aromatic N) is 6. The van der Waals surface area contributed by atoms with Crippen LogP contribution in [0.15, 0.2) is 12.1 Å². The molecule has 31 heavy (non-hydrogen) atoms. The van der Waals surface area contributed by atoms with Gasteiger partial charge in [0.05, 0.1) is 16.6 Å². The summed E-state index contributed by atoms with van der Waals surface area (Å²) in [5, 5.41) is 0. The molecule has 0 fully saturated rings. The first-order valence-electron chi connectivity index (χ1n) is 8.41. The summed E-state index contributed by atoms with van der Waals surface area (Å²) in [4.78, 5) is 21.7. The number of alkyl halides is 3. The topological polar surface area (TPSA) is 77.3 Å². The molecule has 0 saturated heterocycles. The fourth-order valence-electron chi connectivity index (χ4n) is 3.29. The molecule has 0 saturated carbocycles. The average molecular weight is 438 g/mol. The minimum Gasteiger partial charge on any atom is -0.242 e. The number of hydrogen-bond acceptors (Lipinski definition) is 6. The van der Waals surface area contributed by atoms with E-state index in [1.54, 1.807) is 0 Å². The van der Waals surface area contributed by atoms with Gasteiger partial charge >= 0.3 is 6.18 Å². The fraction of sp³-hybridized carbons (Fsp3) is 0.111. The van der Waals surface area contributed by atoms with Crippen molar-refractivity contribution in [2.45, 2.75) is 13.1 Å². The van der Waals surface area contributed by atoms with Crippen molar-refractivity contribution < 1.29 is 30.7 Å². The van der Waals surface area contributed by atoms with Gasteiger partial charge in [-0.15, -0.1) is 0 Å². The quantitative estimate of drug-likeness (QED) is 0.201. The molecule has 156 valence electrons. The lowest BCUT2D eigenvalue weighted by atomic mass is 10.1. The second kappa shape index (κ2) is 6.12. The Morgan fingerprint density at radius 1 is 0.548 bits per heavy atom. The monoisotopic (exact) mass is 438 g/mol. The molecule has 0 atom stereocenters. The van der Waals surface area contributed by atoms with E-state index in [0.29, 0.717) is 0 Å². The normalized spacial score (nSPS) is 12.5. The number of aromatic nitrogens is 6. The molecule has 0 aliphatic heterocycles. The Kier molecular flexibility index (Phi) is 3.79. The van der Waals surface area contributed by atoms with Crippen LogP contribution in [0.25, 0.3) is 44.1 Å². The van der Waals surface area contributed by atoms with Crippen molar-refractivity contribution in [3.63, 3.8) is 0 Å². The largest absolute Gasteiger partial charge is 0.416 e. The van der Waals surface area contributed by atoms with Crippen LogP contribution in [0.5, 0.6) is 0 Å². The van der Waals surface area contributed by atoms with Gasteiger partial charge in [0.15, 0.2) is 0 Å². The predicted octanol–water partition coefficient (Wildman–Crippen LogP) is 4.55. The Bertz CT molecular complexity index is 1580. The highest BCUT2D eigenvalue weighted by Crippen LogP contribution is 2.36. The standard InChI is InChI=1S/C18H5F7N6/c1-4-2-6-7(3-5(4)18(23,24)25)27-9-8(26-6)10-12(30-16(21)14(19)28-10)13-11(9)29-15(20)17(22)31-13/h2-3H,1H3. The SMILES string of the molecule is Cc1cc2nc3c4nc(F)c(F)nc4c4nc(F)c(F)nc4c3nc2cc1C(F)(F)F. The molecule has 0 aliphatic carbocycles. The van der Waals surface area contributed by atoms with Gasteiger partial charge in [-0.2, -0.15) is 30.7 Å². The molecule has 6 nitrogen and oxygen atoms in total. The third kappa shape index (κ3) is 2.79. The third-order valence-corrected chi connectivity index (χ3v) is 4.62. The third-order valence-electron chi connectivity index (χ3n) is 4.62. The summed E-state index contributed by atoms with van der Waals surface area (Å²) in [5.74, 6) is -6.51. The van der Waals surface area contributed by atoms with Crippen molar-refractivity contribution in [2.75, 3.05) is 0 Å². The Morgan fingerprint density at radius 3 is 1.23 bits per heavy atom. The van der Waals surface area contributed by atoms with E-state index in [1.807, 2.05) is 0 Å². The maximum atomic E-state index is 13.8. The van der Waals surface area contributed by atoms with Crippen molar-refractivity contribution >= 4 is 44.1 Å². The summed E-state index contributed by atoms with van der Waals surface area (Å²) in [5.41, 5.74) is -3.81. The van der Waals surface area contributed by atoms with Gasteiger partial charge in [-0.25, -0.2) is 29.9 Å². The van der Waals surface area contributed by atoms with E-state index in [4.69, 9.17) is 0 Å². The highest BCUT2D eigenvalue weighted by molar-refractivity contribution is 6.18. The highest BCUT2D eigenvalue weighted by Gasteiger charge is 2.33. The molecule has 5 rings (SSSR count). The Morgan fingerprint density at radius 2 is 0.871 bits per heavy atom. The Labute approximate surface area is 165 Å². The molecular weight excluding hydrogens is 433 g/mol. The average Bonchev–Trinajstić information content (AvgIpc) is 2.68. The summed E-state index contributed by atoms with van der Waals surface area (Å²) < 4.78 is 94.8. The minimum absolute atomic E-state index is 0.0271. The molecule has 2 aromatic carbocycles. The van der Waals surface area contributed by atoms with Crippen LogP contribution in [-0.4, -0.2) is 29.9 Å². The first-order chi connectivity index (χ1) is 14.5. The van der Waals surface area contributed by atoms with Gasteiger partial charge < -0.3 is 0 Å². The van der Waals surface area contributed by atoms with Crippen LogP contribution in [0.4, 0.5) is 30.7 Å². The van der Waals surface area contributed by atoms with Crippen molar-refractivity contribution in [1.29, 1.82) is 0 Å². The van der Waals surface area contributed by atoms with Gasteiger partial charge in [-0.05, 0) is 24.6 Å². The van der Waals surface area contributed by atoms with E-state index in [0.717, 1.165) is 12.1 Å². The second-order valence-electron chi connectivity index (χ2n) is 6.58. The maximum absolute atomic E-state index is 13.8. The summed E-state index contributed by atoms with van der Waals surface area (Å²) in [7, 11) is 0. The Hall–Kier alpha value is -3.77. The van der Waals surface area contributed by atoms with Gasteiger partial charge in [0.2, 0.25) is 0 Å². The van der Waals surface area contributed by atoms with Crippen LogP contribution in [0, 0.1) is 30.7 Å². The summed E-state index contributed by atoms with van der Waals surface area (Å²) >= 11 is 0. The van der Waals surface area contributed by atoms with Gasteiger partial charge in [-0.1, -0.05) is 0 Å². The lowest BCUT2D eigenvalue weighted by Crippen LogP contribution is -2.08. The lowest BCUT2D eigenvalue weighted by Gasteiger charge is -2.12. The molecule has 0 bridgehead atoms. The van der Waals surface area contributed by atoms with Crippen LogP contribution in [0.2, 0.25) is 0 Å². The molecule has 5 aromatic rings. The molecule has 0 spiro atoms. The van der Waals surface area contributed by atoms with Gasteiger partial charge in [0.25, 0.3) is 23.8 Å². The second-order valence-corrected chi connectivity index (χ2v) is 6.58. The molecule has 0 unspecified atom stereocenters. The minimum atomic E-state index is -4.68. The van der Waals surface area contributed by atoms with Gasteiger partial charge in [0, 0.05) is 0 Å². The lowest BCUT2D eigenvalue weighted by molar-refractivity contribution is -0.137. The van der Waals surface area contributed by atoms with E-state index < -0.39 is 57.6 Å². The zero-order valence-corrected chi connectivity index (χ0v) is 15.0. The summed E-state index contributed by atoms with van der Waals surface area (Å²) in [6.07, 6.45) is -4.68. The number of rotatable bonds is 0. The van der Waals surface area contributed by atoms with E-state index in [2.05, 4.69) is 29.9 Å². The summed E-state index contributed by atoms with van der Waals surface area (Å²) in [6.45, 7) is 1.21. The van der Waals surface area contributed by atoms with E-state index in [1.165, 1.54) is 6.92 Å². The van der Waals surface area contributed by atoms with E-state index in [9.17, 15) is 30.7 Å². The first-order valence-corrected chi connectivity index (χ1v) is 8.41. The van der Waals surface area contributed by atoms with Gasteiger partial charge in [0.1, 0.15) is 33.1 Å². The molecule has 0 radical (unpaired) electrons. The number of halogens is 7. The van der Waals surface area contributed by atoms with Crippen LogP contribution in [-0.2, 0) is 6.18 Å². The first kappa shape index (κ1) is 19.2. The molecule has 13 heteroatoms. The number of benzene rings is 2. The zero-order valence-electron chi connectivity index (χ0n) is 15.0. The van der Waals surface area contributed by atoms with Crippen LogP contribution >= 0.6 is 0 Å². The molecule has 3 aromatic heterocycles. The van der Waals surface area contributed by atoms with Gasteiger partial charge in [-0.3, -0.25) is 0 Å². The van der Waals surface area contributed by atoms with E-state index in [-0.39, 0.29) is 27.6 Å². The van der Waals surface area contributed by atoms with Crippen molar-refractivity contribution in [3.05, 3.63) is 47.1 Å². The zero-order chi connectivity index (χ0) is 22.2. The number of hydrogen-bond donors (Lipinski definition) is 0. The van der Waals surface area contributed by atoms with Crippen LogP contribution in [0.1, 0.15) is 11.1 Å². The van der Waals surface area contributed by atoms with Crippen LogP contribution in [0.3, 0.4) is 0 Å². The van der Waals surface area contributed by atoms with E-state index >= 15 is 0 Å². The fourth-order valence-corrected chi connectivity index (χ4v) is 3.29. The van der Waals surface area contributed by atoms with Crippen LogP contribution < -0.4 is 0 Å². The number of fused-ring (bicyclic) bond motifs is 7. The Balaban J connectivity index is 2.04. The molecule has 0 amide bonds. The molecule has 0 aliphatic rings. The molecule has 0 N–H and O–H groups in total. The molecular formula is C18H5F7N6. The van der Waals surface area contributed by atoms with Crippen molar-refractivity contribution in [2.24, 2.45) is 0 Å².